The van der Waals surface area contributed by atoms with Gasteiger partial charge in [-0.25, -0.2) is 13.4 Å². The molecule has 4 rings (SSSR count). The van der Waals surface area contributed by atoms with Crippen LogP contribution in [0.4, 0.5) is 10.8 Å². The highest BCUT2D eigenvalue weighted by molar-refractivity contribution is 7.89. The third kappa shape index (κ3) is 4.62. The smallest absolute Gasteiger partial charge is 0.242 e. The minimum absolute atomic E-state index is 0.117. The van der Waals surface area contributed by atoms with Gasteiger partial charge >= 0.3 is 0 Å². The molecule has 1 aromatic heterocycles. The molecule has 1 atom stereocenters. The highest BCUT2D eigenvalue weighted by Gasteiger charge is 2.22. The summed E-state index contributed by atoms with van der Waals surface area (Å²) in [6.07, 6.45) is 0. The minimum Gasteiger partial charge on any atom is -0.378 e. The molecule has 3 aromatic rings. The average Bonchev–Trinajstić information content (AvgIpc) is 3.18. The Kier molecular flexibility index (Phi) is 6.00. The largest absolute Gasteiger partial charge is 0.378 e. The van der Waals surface area contributed by atoms with Crippen LogP contribution in [0.15, 0.2) is 53.4 Å². The SMILES string of the molecule is C[C@H](NS(=O)(=O)c1ccccc1)C(=O)Nc1ccc2nc(N3CCOCC3)sc2c1. The van der Waals surface area contributed by atoms with Gasteiger partial charge in [-0.2, -0.15) is 4.72 Å². The second kappa shape index (κ2) is 8.68. The van der Waals surface area contributed by atoms with Gasteiger partial charge in [-0.05, 0) is 37.3 Å². The summed E-state index contributed by atoms with van der Waals surface area (Å²) < 4.78 is 33.6. The molecule has 2 heterocycles. The predicted octanol–water partition coefficient (Wildman–Crippen LogP) is 2.44. The molecule has 0 spiro atoms. The van der Waals surface area contributed by atoms with Gasteiger partial charge in [0.1, 0.15) is 0 Å². The molecule has 1 fully saturated rings. The van der Waals surface area contributed by atoms with Crippen molar-refractivity contribution < 1.29 is 17.9 Å². The predicted molar refractivity (Wildman–Crippen MR) is 118 cm³/mol. The number of fused-ring (bicyclic) bond motifs is 1. The Hall–Kier alpha value is -2.53. The summed E-state index contributed by atoms with van der Waals surface area (Å²) in [5, 5.41) is 3.71. The fraction of sp³-hybridized carbons (Fsp3) is 0.300. The molecular formula is C20H22N4O4S2. The van der Waals surface area contributed by atoms with Gasteiger partial charge in [0, 0.05) is 18.8 Å². The zero-order chi connectivity index (χ0) is 21.1. The zero-order valence-corrected chi connectivity index (χ0v) is 18.0. The van der Waals surface area contributed by atoms with E-state index in [0.29, 0.717) is 18.9 Å². The fourth-order valence-electron chi connectivity index (χ4n) is 3.08. The van der Waals surface area contributed by atoms with Crippen LogP contribution < -0.4 is 14.9 Å². The van der Waals surface area contributed by atoms with Gasteiger partial charge < -0.3 is 15.0 Å². The summed E-state index contributed by atoms with van der Waals surface area (Å²) in [6, 6.07) is 12.5. The average molecular weight is 447 g/mol. The van der Waals surface area contributed by atoms with Gasteiger partial charge in [0.15, 0.2) is 5.13 Å². The molecular weight excluding hydrogens is 424 g/mol. The number of sulfonamides is 1. The van der Waals surface area contributed by atoms with Gasteiger partial charge in [0.25, 0.3) is 0 Å². The summed E-state index contributed by atoms with van der Waals surface area (Å²) >= 11 is 1.56. The Labute approximate surface area is 178 Å². The number of rotatable bonds is 6. The van der Waals surface area contributed by atoms with Crippen molar-refractivity contribution in [2.75, 3.05) is 36.5 Å². The number of benzene rings is 2. The Bertz CT molecular complexity index is 1140. The molecule has 0 radical (unpaired) electrons. The van der Waals surface area contributed by atoms with Crippen LogP contribution in [0.25, 0.3) is 10.2 Å². The number of aromatic nitrogens is 1. The zero-order valence-electron chi connectivity index (χ0n) is 16.4. The molecule has 2 aromatic carbocycles. The first kappa shape index (κ1) is 20.7. The van der Waals surface area contributed by atoms with Crippen LogP contribution in [-0.4, -0.2) is 51.7 Å². The van der Waals surface area contributed by atoms with E-state index in [4.69, 9.17) is 4.74 Å². The van der Waals surface area contributed by atoms with Gasteiger partial charge in [-0.3, -0.25) is 4.79 Å². The fourth-order valence-corrected chi connectivity index (χ4v) is 5.37. The van der Waals surface area contributed by atoms with Gasteiger partial charge in [-0.1, -0.05) is 29.5 Å². The first-order chi connectivity index (χ1) is 14.4. The van der Waals surface area contributed by atoms with Crippen molar-refractivity contribution in [1.29, 1.82) is 0 Å². The summed E-state index contributed by atoms with van der Waals surface area (Å²) in [4.78, 5) is 19.5. The van der Waals surface area contributed by atoms with E-state index >= 15 is 0 Å². The quantitative estimate of drug-likeness (QED) is 0.603. The topological polar surface area (TPSA) is 101 Å². The molecule has 2 N–H and O–H groups in total. The van der Waals surface area contributed by atoms with E-state index in [1.807, 2.05) is 12.1 Å². The van der Waals surface area contributed by atoms with Crippen LogP contribution in [0.1, 0.15) is 6.92 Å². The number of hydrogen-bond acceptors (Lipinski definition) is 7. The third-order valence-electron chi connectivity index (χ3n) is 4.71. The molecule has 0 aliphatic carbocycles. The van der Waals surface area contributed by atoms with E-state index in [9.17, 15) is 13.2 Å². The Morgan fingerprint density at radius 1 is 1.17 bits per heavy atom. The van der Waals surface area contributed by atoms with E-state index in [1.54, 1.807) is 35.6 Å². The number of ether oxygens (including phenoxy) is 1. The van der Waals surface area contributed by atoms with Crippen molar-refractivity contribution in [1.82, 2.24) is 9.71 Å². The number of nitrogens with one attached hydrogen (secondary N) is 2. The Balaban J connectivity index is 1.44. The van der Waals surface area contributed by atoms with E-state index in [1.165, 1.54) is 19.1 Å². The van der Waals surface area contributed by atoms with E-state index in [2.05, 4.69) is 19.9 Å². The summed E-state index contributed by atoms with van der Waals surface area (Å²) in [5.41, 5.74) is 1.45. The number of thiazole rings is 1. The number of carbonyl (C=O) groups is 1. The third-order valence-corrected chi connectivity index (χ3v) is 7.34. The van der Waals surface area contributed by atoms with Gasteiger partial charge in [-0.15, -0.1) is 0 Å². The molecule has 158 valence electrons. The molecule has 0 unspecified atom stereocenters. The van der Waals surface area contributed by atoms with Crippen LogP contribution in [0.3, 0.4) is 0 Å². The van der Waals surface area contributed by atoms with Crippen molar-refractivity contribution in [2.45, 2.75) is 17.9 Å². The lowest BCUT2D eigenvalue weighted by Crippen LogP contribution is -2.41. The van der Waals surface area contributed by atoms with Crippen LogP contribution >= 0.6 is 11.3 Å². The lowest BCUT2D eigenvalue weighted by atomic mass is 10.2. The number of amides is 1. The summed E-state index contributed by atoms with van der Waals surface area (Å²) in [6.45, 7) is 4.50. The number of morpholine rings is 1. The van der Waals surface area contributed by atoms with E-state index in [-0.39, 0.29) is 4.90 Å². The van der Waals surface area contributed by atoms with Crippen molar-refractivity contribution in [3.8, 4) is 0 Å². The molecule has 1 amide bonds. The second-order valence-electron chi connectivity index (χ2n) is 6.92. The Morgan fingerprint density at radius 2 is 1.90 bits per heavy atom. The number of anilines is 2. The standard InChI is InChI=1S/C20H22N4O4S2/c1-14(23-30(26,27)16-5-3-2-4-6-16)19(25)21-15-7-8-17-18(13-15)29-20(22-17)24-9-11-28-12-10-24/h2-8,13-14,23H,9-12H2,1H3,(H,21,25)/t14-/m0/s1. The molecule has 1 saturated heterocycles. The van der Waals surface area contributed by atoms with E-state index in [0.717, 1.165) is 28.4 Å². The van der Waals surface area contributed by atoms with Crippen LogP contribution in [0.2, 0.25) is 0 Å². The molecule has 0 bridgehead atoms. The molecule has 30 heavy (non-hydrogen) atoms. The van der Waals surface area contributed by atoms with Crippen LogP contribution in [0.5, 0.6) is 0 Å². The highest BCUT2D eigenvalue weighted by Crippen LogP contribution is 2.31. The molecule has 8 nitrogen and oxygen atoms in total. The lowest BCUT2D eigenvalue weighted by molar-refractivity contribution is -0.117. The second-order valence-corrected chi connectivity index (χ2v) is 9.65. The normalized spacial score (nSPS) is 15.8. The Morgan fingerprint density at radius 3 is 2.63 bits per heavy atom. The van der Waals surface area contributed by atoms with Crippen molar-refractivity contribution in [3.05, 3.63) is 48.5 Å². The van der Waals surface area contributed by atoms with E-state index < -0.39 is 22.0 Å². The van der Waals surface area contributed by atoms with Crippen LogP contribution in [-0.2, 0) is 19.6 Å². The number of nitrogens with zero attached hydrogens (tertiary/aromatic N) is 2. The molecule has 10 heteroatoms. The summed E-state index contributed by atoms with van der Waals surface area (Å²) in [5.74, 6) is -0.438. The lowest BCUT2D eigenvalue weighted by Gasteiger charge is -2.25. The summed E-state index contributed by atoms with van der Waals surface area (Å²) in [7, 11) is -3.78. The monoisotopic (exact) mass is 446 g/mol. The number of carbonyl (C=O) groups excluding carboxylic acids is 1. The van der Waals surface area contributed by atoms with Crippen molar-refractivity contribution >= 4 is 48.3 Å². The van der Waals surface area contributed by atoms with Crippen molar-refractivity contribution in [2.24, 2.45) is 0 Å². The van der Waals surface area contributed by atoms with Gasteiger partial charge in [0.05, 0.1) is 34.4 Å². The molecule has 1 aliphatic rings. The van der Waals surface area contributed by atoms with Gasteiger partial charge in [0.2, 0.25) is 15.9 Å². The maximum Gasteiger partial charge on any atom is 0.242 e. The van der Waals surface area contributed by atoms with Crippen LogP contribution in [0, 0.1) is 0 Å². The first-order valence-electron chi connectivity index (χ1n) is 9.54. The highest BCUT2D eigenvalue weighted by atomic mass is 32.2. The minimum atomic E-state index is -3.78. The first-order valence-corrected chi connectivity index (χ1v) is 11.8. The maximum absolute atomic E-state index is 12.5. The maximum atomic E-state index is 12.5. The van der Waals surface area contributed by atoms with Crippen molar-refractivity contribution in [3.63, 3.8) is 0 Å². The molecule has 1 aliphatic heterocycles. The number of hydrogen-bond donors (Lipinski definition) is 2. The molecule has 0 saturated carbocycles.